The lowest BCUT2D eigenvalue weighted by atomic mass is 9.85. The van der Waals surface area contributed by atoms with E-state index in [1.54, 1.807) is 12.1 Å². The molecule has 4 atom stereocenters. The fourth-order valence-electron chi connectivity index (χ4n) is 4.80. The van der Waals surface area contributed by atoms with Crippen molar-refractivity contribution >= 4 is 0 Å². The van der Waals surface area contributed by atoms with Gasteiger partial charge in [0.1, 0.15) is 11.6 Å². The van der Waals surface area contributed by atoms with Gasteiger partial charge in [0.2, 0.25) is 0 Å². The number of aliphatic hydroxyl groups excluding tert-OH is 1. The Morgan fingerprint density at radius 1 is 0.885 bits per heavy atom. The maximum atomic E-state index is 13.1. The van der Waals surface area contributed by atoms with Crippen LogP contribution in [0.1, 0.15) is 42.9 Å². The standard InChI is InChI=1S/C22H25F2NO/c23-18-5-1-15(2-6-18)11-16-12-20-9-10-21(13-16)25(20)14-22(26)17-3-7-19(24)8-4-17/h1-8,16,20-22,26H,9-14H2/t16?,20-,21+,22-/m0/s1. The van der Waals surface area contributed by atoms with E-state index in [0.717, 1.165) is 24.8 Å². The first-order valence-electron chi connectivity index (χ1n) is 9.52. The van der Waals surface area contributed by atoms with Gasteiger partial charge in [-0.25, -0.2) is 8.78 Å². The molecule has 2 aliphatic heterocycles. The van der Waals surface area contributed by atoms with Crippen LogP contribution in [-0.2, 0) is 6.42 Å². The molecule has 138 valence electrons. The SMILES string of the molecule is O[C@@H](CN1[C@@H]2CC[C@H]1CC(Cc1ccc(F)cc1)C2)c1ccc(F)cc1. The van der Waals surface area contributed by atoms with Gasteiger partial charge in [-0.2, -0.15) is 0 Å². The molecule has 0 saturated carbocycles. The molecule has 2 aliphatic rings. The monoisotopic (exact) mass is 357 g/mol. The minimum atomic E-state index is -0.577. The normalized spacial score (nSPS) is 26.8. The smallest absolute Gasteiger partial charge is 0.123 e. The average molecular weight is 357 g/mol. The van der Waals surface area contributed by atoms with Crippen molar-refractivity contribution in [1.29, 1.82) is 0 Å². The van der Waals surface area contributed by atoms with Gasteiger partial charge in [0.05, 0.1) is 6.10 Å². The second kappa shape index (κ2) is 7.45. The van der Waals surface area contributed by atoms with Crippen LogP contribution in [0.2, 0.25) is 0 Å². The van der Waals surface area contributed by atoms with E-state index in [0.29, 0.717) is 24.5 Å². The first-order chi connectivity index (χ1) is 12.6. The quantitative estimate of drug-likeness (QED) is 0.853. The highest BCUT2D eigenvalue weighted by molar-refractivity contribution is 5.20. The molecule has 0 spiro atoms. The Balaban J connectivity index is 1.37. The Morgan fingerprint density at radius 3 is 2.00 bits per heavy atom. The molecule has 1 unspecified atom stereocenters. The van der Waals surface area contributed by atoms with Crippen LogP contribution in [0.15, 0.2) is 48.5 Å². The highest BCUT2D eigenvalue weighted by atomic mass is 19.1. The zero-order chi connectivity index (χ0) is 18.1. The second-order valence-corrected chi connectivity index (χ2v) is 7.82. The van der Waals surface area contributed by atoms with Crippen LogP contribution in [0.4, 0.5) is 8.78 Å². The Kier molecular flexibility index (Phi) is 5.05. The van der Waals surface area contributed by atoms with Crippen molar-refractivity contribution in [2.45, 2.75) is 50.3 Å². The molecule has 1 N–H and O–H groups in total. The highest BCUT2D eigenvalue weighted by Crippen LogP contribution is 2.40. The van der Waals surface area contributed by atoms with Crippen molar-refractivity contribution in [2.24, 2.45) is 5.92 Å². The Bertz CT molecular complexity index is 717. The van der Waals surface area contributed by atoms with Crippen LogP contribution >= 0.6 is 0 Å². The van der Waals surface area contributed by atoms with Gasteiger partial charge < -0.3 is 5.11 Å². The predicted molar refractivity (Wildman–Crippen MR) is 97.7 cm³/mol. The van der Waals surface area contributed by atoms with Crippen molar-refractivity contribution in [2.75, 3.05) is 6.54 Å². The van der Waals surface area contributed by atoms with Crippen molar-refractivity contribution in [3.05, 3.63) is 71.3 Å². The summed E-state index contributed by atoms with van der Waals surface area (Å²) in [6.07, 6.45) is 5.05. The van der Waals surface area contributed by atoms with Crippen molar-refractivity contribution < 1.29 is 13.9 Å². The molecular weight excluding hydrogens is 332 g/mol. The molecule has 2 heterocycles. The van der Waals surface area contributed by atoms with Gasteiger partial charge >= 0.3 is 0 Å². The van der Waals surface area contributed by atoms with E-state index in [1.807, 2.05) is 12.1 Å². The van der Waals surface area contributed by atoms with Crippen LogP contribution in [0.3, 0.4) is 0 Å². The molecule has 2 aromatic carbocycles. The van der Waals surface area contributed by atoms with Crippen LogP contribution < -0.4 is 0 Å². The van der Waals surface area contributed by atoms with Crippen LogP contribution in [0, 0.1) is 17.6 Å². The Labute approximate surface area is 153 Å². The molecule has 2 aromatic rings. The number of hydrogen-bond donors (Lipinski definition) is 1. The molecule has 0 aliphatic carbocycles. The van der Waals surface area contributed by atoms with Gasteiger partial charge in [-0.05, 0) is 73.4 Å². The number of piperidine rings is 1. The number of halogens is 2. The molecule has 2 bridgehead atoms. The summed E-state index contributed by atoms with van der Waals surface area (Å²) in [6, 6.07) is 14.0. The topological polar surface area (TPSA) is 23.5 Å². The highest BCUT2D eigenvalue weighted by Gasteiger charge is 2.41. The van der Waals surface area contributed by atoms with Crippen molar-refractivity contribution in [1.82, 2.24) is 4.90 Å². The predicted octanol–water partition coefficient (Wildman–Crippen LogP) is 4.48. The third-order valence-electron chi connectivity index (χ3n) is 6.06. The summed E-state index contributed by atoms with van der Waals surface area (Å²) in [4.78, 5) is 2.45. The van der Waals surface area contributed by atoms with Gasteiger partial charge in [-0.3, -0.25) is 4.90 Å². The number of benzene rings is 2. The fourth-order valence-corrected chi connectivity index (χ4v) is 4.80. The Hall–Kier alpha value is -1.78. The molecule has 2 saturated heterocycles. The van der Waals surface area contributed by atoms with E-state index >= 15 is 0 Å². The van der Waals surface area contributed by atoms with Crippen LogP contribution in [-0.4, -0.2) is 28.6 Å². The molecule has 26 heavy (non-hydrogen) atoms. The lowest BCUT2D eigenvalue weighted by Crippen LogP contribution is -2.45. The van der Waals surface area contributed by atoms with E-state index in [1.165, 1.54) is 42.7 Å². The van der Waals surface area contributed by atoms with Gasteiger partial charge in [0, 0.05) is 18.6 Å². The molecular formula is C22H25F2NO. The van der Waals surface area contributed by atoms with E-state index in [4.69, 9.17) is 0 Å². The molecule has 0 amide bonds. The largest absolute Gasteiger partial charge is 0.387 e. The number of rotatable bonds is 5. The number of fused-ring (bicyclic) bond motifs is 2. The summed E-state index contributed by atoms with van der Waals surface area (Å²) in [7, 11) is 0. The molecule has 4 rings (SSSR count). The molecule has 2 fully saturated rings. The van der Waals surface area contributed by atoms with Gasteiger partial charge in [0.25, 0.3) is 0 Å². The summed E-state index contributed by atoms with van der Waals surface area (Å²) >= 11 is 0. The minimum Gasteiger partial charge on any atom is -0.387 e. The number of aliphatic hydroxyl groups is 1. The summed E-state index contributed by atoms with van der Waals surface area (Å²) < 4.78 is 26.2. The first-order valence-corrected chi connectivity index (χ1v) is 9.52. The lowest BCUT2D eigenvalue weighted by Gasteiger charge is -2.40. The maximum absolute atomic E-state index is 13.1. The van der Waals surface area contributed by atoms with E-state index < -0.39 is 6.10 Å². The van der Waals surface area contributed by atoms with E-state index in [-0.39, 0.29) is 11.6 Å². The number of nitrogens with zero attached hydrogens (tertiary/aromatic N) is 1. The first kappa shape index (κ1) is 17.6. The summed E-state index contributed by atoms with van der Waals surface area (Å²) in [5.74, 6) is 0.165. The third kappa shape index (κ3) is 3.81. The van der Waals surface area contributed by atoms with Crippen LogP contribution in [0.25, 0.3) is 0 Å². The summed E-state index contributed by atoms with van der Waals surface area (Å²) in [6.45, 7) is 0.615. The zero-order valence-corrected chi connectivity index (χ0v) is 14.8. The fraction of sp³-hybridized carbons (Fsp3) is 0.455. The van der Waals surface area contributed by atoms with Gasteiger partial charge in [0.15, 0.2) is 0 Å². The van der Waals surface area contributed by atoms with Gasteiger partial charge in [-0.15, -0.1) is 0 Å². The Morgan fingerprint density at radius 2 is 1.42 bits per heavy atom. The molecule has 2 nitrogen and oxygen atoms in total. The summed E-state index contributed by atoms with van der Waals surface area (Å²) in [5.41, 5.74) is 1.98. The van der Waals surface area contributed by atoms with Crippen molar-refractivity contribution in [3.63, 3.8) is 0 Å². The molecule has 0 radical (unpaired) electrons. The number of hydrogen-bond acceptors (Lipinski definition) is 2. The third-order valence-corrected chi connectivity index (χ3v) is 6.06. The minimum absolute atomic E-state index is 0.182. The summed E-state index contributed by atoms with van der Waals surface area (Å²) in [5, 5.41) is 10.6. The van der Waals surface area contributed by atoms with Gasteiger partial charge in [-0.1, -0.05) is 24.3 Å². The zero-order valence-electron chi connectivity index (χ0n) is 14.8. The van der Waals surface area contributed by atoms with Crippen LogP contribution in [0.5, 0.6) is 0 Å². The second-order valence-electron chi connectivity index (χ2n) is 7.82. The van der Waals surface area contributed by atoms with E-state index in [9.17, 15) is 13.9 Å². The average Bonchev–Trinajstić information content (AvgIpc) is 2.87. The maximum Gasteiger partial charge on any atom is 0.123 e. The van der Waals surface area contributed by atoms with Crippen molar-refractivity contribution in [3.8, 4) is 0 Å². The molecule has 4 heteroatoms. The lowest BCUT2D eigenvalue weighted by molar-refractivity contribution is 0.0447. The van der Waals surface area contributed by atoms with E-state index in [2.05, 4.69) is 4.90 Å². The molecule has 0 aromatic heterocycles.